The van der Waals surface area contributed by atoms with Crippen LogP contribution in [0.2, 0.25) is 10.0 Å². The van der Waals surface area contributed by atoms with Gasteiger partial charge in [-0.2, -0.15) is 0 Å². The predicted octanol–water partition coefficient (Wildman–Crippen LogP) is 4.14. The van der Waals surface area contributed by atoms with Gasteiger partial charge >= 0.3 is 0 Å². The monoisotopic (exact) mass is 390 g/mol. The summed E-state index contributed by atoms with van der Waals surface area (Å²) in [7, 11) is 0. The molecule has 0 aliphatic carbocycles. The molecule has 2 aromatic carbocycles. The van der Waals surface area contributed by atoms with E-state index < -0.39 is 0 Å². The Balaban J connectivity index is 1.72. The van der Waals surface area contributed by atoms with Crippen molar-refractivity contribution in [1.82, 2.24) is 5.32 Å². The van der Waals surface area contributed by atoms with E-state index in [1.807, 2.05) is 6.92 Å². The number of hydrogen-bond donors (Lipinski definition) is 1. The lowest BCUT2D eigenvalue weighted by molar-refractivity contribution is -0.121. The number of hydrogen-bond acceptors (Lipinski definition) is 3. The molecule has 2 aromatic rings. The van der Waals surface area contributed by atoms with Crippen molar-refractivity contribution in [2.45, 2.75) is 25.8 Å². The molecule has 1 fully saturated rings. The van der Waals surface area contributed by atoms with Crippen molar-refractivity contribution in [3.63, 3.8) is 0 Å². The minimum Gasteiger partial charge on any atom is -0.345 e. The highest BCUT2D eigenvalue weighted by atomic mass is 35.5. The molecule has 134 valence electrons. The summed E-state index contributed by atoms with van der Waals surface area (Å²) in [6.45, 7) is 1.82. The van der Waals surface area contributed by atoms with Crippen LogP contribution in [0.15, 0.2) is 42.5 Å². The van der Waals surface area contributed by atoms with Crippen molar-refractivity contribution in [2.75, 3.05) is 4.90 Å². The zero-order valence-corrected chi connectivity index (χ0v) is 15.5. The fourth-order valence-electron chi connectivity index (χ4n) is 2.84. The highest BCUT2D eigenvalue weighted by Gasteiger charge is 2.30. The number of benzene rings is 2. The standard InChI is InChI=1S/C19H16Cl2N2O3/c1-11(15-7-4-13(20)10-16(15)21)22-19(26)12-2-5-14(6-3-12)23-17(24)8-9-18(23)25/h2-7,10-11H,8-9H2,1H3,(H,22,26)/t11-/m0/s1. The van der Waals surface area contributed by atoms with E-state index in [9.17, 15) is 14.4 Å². The predicted molar refractivity (Wildman–Crippen MR) is 101 cm³/mol. The van der Waals surface area contributed by atoms with E-state index in [2.05, 4.69) is 5.32 Å². The van der Waals surface area contributed by atoms with Crippen LogP contribution in [0.5, 0.6) is 0 Å². The zero-order chi connectivity index (χ0) is 18.8. The second kappa shape index (κ2) is 7.48. The Hall–Kier alpha value is -2.37. The van der Waals surface area contributed by atoms with Gasteiger partial charge in [0.15, 0.2) is 0 Å². The van der Waals surface area contributed by atoms with Crippen LogP contribution in [0.4, 0.5) is 5.69 Å². The Bertz CT molecular complexity index is 865. The first-order valence-corrected chi connectivity index (χ1v) is 8.84. The molecule has 1 aliphatic heterocycles. The maximum atomic E-state index is 12.4. The van der Waals surface area contributed by atoms with Crippen LogP contribution in [0.25, 0.3) is 0 Å². The van der Waals surface area contributed by atoms with E-state index in [-0.39, 0.29) is 36.6 Å². The smallest absolute Gasteiger partial charge is 0.251 e. The second-order valence-corrected chi connectivity index (χ2v) is 6.87. The molecule has 0 radical (unpaired) electrons. The van der Waals surface area contributed by atoms with Crippen LogP contribution in [0.3, 0.4) is 0 Å². The number of amides is 3. The molecule has 3 amide bonds. The van der Waals surface area contributed by atoms with Gasteiger partial charge in [0.05, 0.1) is 11.7 Å². The number of nitrogens with zero attached hydrogens (tertiary/aromatic N) is 1. The largest absolute Gasteiger partial charge is 0.345 e. The van der Waals surface area contributed by atoms with Crippen molar-refractivity contribution >= 4 is 46.6 Å². The highest BCUT2D eigenvalue weighted by Crippen LogP contribution is 2.27. The quantitative estimate of drug-likeness (QED) is 0.797. The summed E-state index contributed by atoms with van der Waals surface area (Å²) in [6.07, 6.45) is 0.445. The van der Waals surface area contributed by atoms with E-state index in [4.69, 9.17) is 23.2 Å². The highest BCUT2D eigenvalue weighted by molar-refractivity contribution is 6.35. The summed E-state index contributed by atoms with van der Waals surface area (Å²) in [5.74, 6) is -0.731. The SMILES string of the molecule is C[C@H](NC(=O)c1ccc(N2C(=O)CCC2=O)cc1)c1ccc(Cl)cc1Cl. The number of anilines is 1. The first-order chi connectivity index (χ1) is 12.4. The van der Waals surface area contributed by atoms with Gasteiger partial charge in [0.1, 0.15) is 0 Å². The van der Waals surface area contributed by atoms with Crippen molar-refractivity contribution in [1.29, 1.82) is 0 Å². The van der Waals surface area contributed by atoms with E-state index in [0.29, 0.717) is 21.3 Å². The molecule has 26 heavy (non-hydrogen) atoms. The Morgan fingerprint density at radius 3 is 2.23 bits per heavy atom. The van der Waals surface area contributed by atoms with Crippen LogP contribution >= 0.6 is 23.2 Å². The van der Waals surface area contributed by atoms with Crippen LogP contribution in [-0.2, 0) is 9.59 Å². The van der Waals surface area contributed by atoms with Crippen LogP contribution in [0.1, 0.15) is 41.7 Å². The fourth-order valence-corrected chi connectivity index (χ4v) is 3.41. The molecular weight excluding hydrogens is 375 g/mol. The molecule has 5 nitrogen and oxygen atoms in total. The molecule has 7 heteroatoms. The molecule has 1 heterocycles. The Kier molecular flexibility index (Phi) is 5.30. The van der Waals surface area contributed by atoms with E-state index in [0.717, 1.165) is 10.5 Å². The Morgan fingerprint density at radius 1 is 1.04 bits per heavy atom. The molecule has 3 rings (SSSR count). The number of halogens is 2. The average molecular weight is 391 g/mol. The van der Waals surface area contributed by atoms with Gasteiger partial charge < -0.3 is 5.32 Å². The third-order valence-electron chi connectivity index (χ3n) is 4.22. The minimum absolute atomic E-state index is 0.223. The molecule has 1 N–H and O–H groups in total. The number of nitrogens with one attached hydrogen (secondary N) is 1. The van der Waals surface area contributed by atoms with Gasteiger partial charge in [-0.3, -0.25) is 19.3 Å². The van der Waals surface area contributed by atoms with Crippen LogP contribution < -0.4 is 10.2 Å². The lowest BCUT2D eigenvalue weighted by Gasteiger charge is -2.17. The maximum Gasteiger partial charge on any atom is 0.251 e. The molecule has 0 aromatic heterocycles. The summed E-state index contributed by atoms with van der Waals surface area (Å²) in [4.78, 5) is 37.1. The molecule has 0 saturated carbocycles. The summed E-state index contributed by atoms with van der Waals surface area (Å²) in [6, 6.07) is 11.1. The topological polar surface area (TPSA) is 66.5 Å². The van der Waals surface area contributed by atoms with E-state index in [1.165, 1.54) is 0 Å². The molecule has 1 atom stereocenters. The first-order valence-electron chi connectivity index (χ1n) is 8.08. The number of imide groups is 1. The third-order valence-corrected chi connectivity index (χ3v) is 4.78. The summed E-state index contributed by atoms with van der Waals surface area (Å²) in [5, 5.41) is 3.87. The van der Waals surface area contributed by atoms with Crippen molar-refractivity contribution in [2.24, 2.45) is 0 Å². The molecule has 1 aliphatic rings. The van der Waals surface area contributed by atoms with Gasteiger partial charge in [-0.05, 0) is 48.9 Å². The Labute approximate surface area is 160 Å². The second-order valence-electron chi connectivity index (χ2n) is 6.03. The third kappa shape index (κ3) is 3.74. The van der Waals surface area contributed by atoms with Gasteiger partial charge in [-0.15, -0.1) is 0 Å². The van der Waals surface area contributed by atoms with Gasteiger partial charge in [0.25, 0.3) is 5.91 Å². The summed E-state index contributed by atoms with van der Waals surface area (Å²) in [5.41, 5.74) is 1.65. The number of carbonyl (C=O) groups excluding carboxylic acids is 3. The molecule has 1 saturated heterocycles. The minimum atomic E-state index is -0.311. The van der Waals surface area contributed by atoms with Crippen molar-refractivity contribution in [3.05, 3.63) is 63.6 Å². The van der Waals surface area contributed by atoms with Gasteiger partial charge in [0.2, 0.25) is 11.8 Å². The Morgan fingerprint density at radius 2 is 1.65 bits per heavy atom. The number of carbonyl (C=O) groups is 3. The van der Waals surface area contributed by atoms with E-state index in [1.54, 1.807) is 42.5 Å². The average Bonchev–Trinajstić information content (AvgIpc) is 2.93. The molecule has 0 spiro atoms. The van der Waals surface area contributed by atoms with Crippen LogP contribution in [-0.4, -0.2) is 17.7 Å². The number of rotatable bonds is 4. The summed E-state index contributed by atoms with van der Waals surface area (Å²) < 4.78 is 0. The molecule has 0 bridgehead atoms. The first kappa shape index (κ1) is 18.4. The van der Waals surface area contributed by atoms with Crippen molar-refractivity contribution in [3.8, 4) is 0 Å². The lowest BCUT2D eigenvalue weighted by Crippen LogP contribution is -2.29. The van der Waals surface area contributed by atoms with Crippen LogP contribution in [0, 0.1) is 0 Å². The van der Waals surface area contributed by atoms with Crippen molar-refractivity contribution < 1.29 is 14.4 Å². The molecular formula is C19H16Cl2N2O3. The van der Waals surface area contributed by atoms with Gasteiger partial charge in [-0.1, -0.05) is 29.3 Å². The normalized spacial score (nSPS) is 15.3. The summed E-state index contributed by atoms with van der Waals surface area (Å²) >= 11 is 12.1. The van der Waals surface area contributed by atoms with Gasteiger partial charge in [-0.25, -0.2) is 0 Å². The molecule has 0 unspecified atom stereocenters. The zero-order valence-electron chi connectivity index (χ0n) is 14.0. The van der Waals surface area contributed by atoms with E-state index >= 15 is 0 Å². The maximum absolute atomic E-state index is 12.4. The van der Waals surface area contributed by atoms with Gasteiger partial charge in [0, 0.05) is 28.5 Å². The fraction of sp³-hybridized carbons (Fsp3) is 0.211. The lowest BCUT2D eigenvalue weighted by atomic mass is 10.1.